The van der Waals surface area contributed by atoms with Crippen molar-refractivity contribution in [1.29, 1.82) is 0 Å². The molecule has 7 nitrogen and oxygen atoms in total. The van der Waals surface area contributed by atoms with Gasteiger partial charge in [-0.15, -0.1) is 0 Å². The summed E-state index contributed by atoms with van der Waals surface area (Å²) in [7, 11) is 0. The van der Waals surface area contributed by atoms with Crippen molar-refractivity contribution in [2.75, 3.05) is 19.8 Å². The van der Waals surface area contributed by atoms with E-state index in [-0.39, 0.29) is 18.9 Å². The summed E-state index contributed by atoms with van der Waals surface area (Å²) in [5.74, 6) is 0. The molecule has 0 spiro atoms. The molecule has 1 heterocycles. The first-order valence-electron chi connectivity index (χ1n) is 6.61. The van der Waals surface area contributed by atoms with Gasteiger partial charge in [0.05, 0.1) is 11.5 Å². The number of allylic oxidation sites excluding steroid dienone is 1. The molecule has 0 saturated heterocycles. The van der Waals surface area contributed by atoms with Crippen LogP contribution in [0.2, 0.25) is 0 Å². The van der Waals surface area contributed by atoms with Crippen molar-refractivity contribution in [1.82, 2.24) is 5.32 Å². The molecule has 0 bridgehead atoms. The standard InChI is InChI=1S/C14H17N3O4/c18-9-6-12-5-7-14(16-12,15-8-10-19)11-1-3-13(4-2-11)17(20)21/h1-5,7,15,18-19H,6,8-10H2. The number of benzene rings is 1. The molecule has 1 unspecified atom stereocenters. The average Bonchev–Trinajstić information content (AvgIpc) is 2.90. The van der Waals surface area contributed by atoms with Crippen LogP contribution in [-0.4, -0.2) is 40.6 Å². The molecular formula is C14H17N3O4. The summed E-state index contributed by atoms with van der Waals surface area (Å²) in [5, 5.41) is 31.8. The summed E-state index contributed by atoms with van der Waals surface area (Å²) in [6.45, 7) is 0.282. The number of aliphatic imine (C=N–C) groups is 1. The quantitative estimate of drug-likeness (QED) is 0.507. The Balaban J connectivity index is 2.33. The summed E-state index contributed by atoms with van der Waals surface area (Å²) in [4.78, 5) is 14.8. The first kappa shape index (κ1) is 15.3. The maximum atomic E-state index is 10.7. The maximum Gasteiger partial charge on any atom is 0.269 e. The topological polar surface area (TPSA) is 108 Å². The Morgan fingerprint density at radius 2 is 1.95 bits per heavy atom. The van der Waals surface area contributed by atoms with Crippen LogP contribution in [0.4, 0.5) is 5.69 Å². The van der Waals surface area contributed by atoms with Crippen molar-refractivity contribution in [3.05, 3.63) is 52.1 Å². The first-order valence-corrected chi connectivity index (χ1v) is 6.61. The first-order chi connectivity index (χ1) is 10.1. The van der Waals surface area contributed by atoms with E-state index in [0.717, 1.165) is 11.3 Å². The van der Waals surface area contributed by atoms with Crippen LogP contribution < -0.4 is 5.32 Å². The number of rotatable bonds is 7. The minimum Gasteiger partial charge on any atom is -0.396 e. The van der Waals surface area contributed by atoms with Crippen molar-refractivity contribution in [3.8, 4) is 0 Å². The largest absolute Gasteiger partial charge is 0.396 e. The van der Waals surface area contributed by atoms with Crippen LogP contribution in [0.25, 0.3) is 0 Å². The van der Waals surface area contributed by atoms with Crippen LogP contribution in [0.5, 0.6) is 0 Å². The van der Waals surface area contributed by atoms with Crippen molar-refractivity contribution >= 4 is 11.4 Å². The van der Waals surface area contributed by atoms with Crippen molar-refractivity contribution in [2.24, 2.45) is 4.99 Å². The van der Waals surface area contributed by atoms with E-state index in [1.54, 1.807) is 12.1 Å². The minimum atomic E-state index is -0.845. The lowest BCUT2D eigenvalue weighted by atomic mass is 10.00. The number of nitro groups is 1. The zero-order valence-electron chi connectivity index (χ0n) is 11.4. The van der Waals surface area contributed by atoms with E-state index < -0.39 is 10.6 Å². The molecule has 7 heteroatoms. The third kappa shape index (κ3) is 3.33. The smallest absolute Gasteiger partial charge is 0.269 e. The van der Waals surface area contributed by atoms with Gasteiger partial charge in [-0.25, -0.2) is 0 Å². The Bertz CT molecular complexity index is 568. The van der Waals surface area contributed by atoms with Crippen molar-refractivity contribution in [2.45, 2.75) is 12.1 Å². The van der Waals surface area contributed by atoms with Crippen LogP contribution in [0.1, 0.15) is 12.0 Å². The highest BCUT2D eigenvalue weighted by atomic mass is 16.6. The Labute approximate surface area is 121 Å². The van der Waals surface area contributed by atoms with Gasteiger partial charge in [-0.1, -0.05) is 0 Å². The van der Waals surface area contributed by atoms with E-state index in [2.05, 4.69) is 10.3 Å². The number of nitro benzene ring substituents is 1. The third-order valence-electron chi connectivity index (χ3n) is 3.23. The summed E-state index contributed by atoms with van der Waals surface area (Å²) >= 11 is 0. The van der Waals surface area contributed by atoms with E-state index >= 15 is 0 Å². The van der Waals surface area contributed by atoms with Gasteiger partial charge in [0.1, 0.15) is 0 Å². The normalized spacial score (nSPS) is 20.6. The number of non-ortho nitro benzene ring substituents is 1. The zero-order valence-corrected chi connectivity index (χ0v) is 11.4. The Hall–Kier alpha value is -2.09. The number of nitrogens with one attached hydrogen (secondary N) is 1. The SMILES string of the molecule is O=[N+]([O-])c1ccc(C2(NCCO)C=CC(CCO)=N2)cc1. The van der Waals surface area contributed by atoms with Crippen molar-refractivity contribution < 1.29 is 15.1 Å². The highest BCUT2D eigenvalue weighted by molar-refractivity contribution is 5.97. The minimum absolute atomic E-state index is 0.000481. The van der Waals surface area contributed by atoms with Crippen LogP contribution in [-0.2, 0) is 5.66 Å². The van der Waals surface area contributed by atoms with Crippen LogP contribution in [0, 0.1) is 10.1 Å². The summed E-state index contributed by atoms with van der Waals surface area (Å²) in [5.41, 5.74) is 0.646. The van der Waals surface area contributed by atoms with Gasteiger partial charge in [0.25, 0.3) is 5.69 Å². The highest BCUT2D eigenvalue weighted by Crippen LogP contribution is 2.30. The molecule has 0 amide bonds. The fraction of sp³-hybridized carbons (Fsp3) is 0.357. The van der Waals surface area contributed by atoms with Gasteiger partial charge in [0.2, 0.25) is 0 Å². The predicted molar refractivity (Wildman–Crippen MR) is 78.1 cm³/mol. The molecule has 112 valence electrons. The molecule has 1 aliphatic heterocycles. The fourth-order valence-corrected chi connectivity index (χ4v) is 2.22. The predicted octanol–water partition coefficient (Wildman–Crippen LogP) is 0.723. The Morgan fingerprint density at radius 1 is 1.24 bits per heavy atom. The van der Waals surface area contributed by atoms with Gasteiger partial charge in [-0.05, 0) is 29.8 Å². The summed E-state index contributed by atoms with van der Waals surface area (Å²) in [6.07, 6.45) is 4.07. The molecule has 0 aliphatic carbocycles. The Morgan fingerprint density at radius 3 is 2.52 bits per heavy atom. The molecule has 1 aliphatic rings. The molecule has 2 rings (SSSR count). The lowest BCUT2D eigenvalue weighted by Crippen LogP contribution is -2.39. The number of aliphatic hydroxyl groups is 2. The van der Waals surface area contributed by atoms with Gasteiger partial charge in [-0.2, -0.15) is 0 Å². The van der Waals surface area contributed by atoms with E-state index in [1.165, 1.54) is 12.1 Å². The fourth-order valence-electron chi connectivity index (χ4n) is 2.22. The third-order valence-corrected chi connectivity index (χ3v) is 3.23. The summed E-state index contributed by atoms with van der Waals surface area (Å²) in [6, 6.07) is 6.12. The molecule has 0 radical (unpaired) electrons. The molecule has 0 aromatic heterocycles. The van der Waals surface area contributed by atoms with Crippen LogP contribution in [0.3, 0.4) is 0 Å². The maximum absolute atomic E-state index is 10.7. The van der Waals surface area contributed by atoms with Crippen molar-refractivity contribution in [3.63, 3.8) is 0 Å². The van der Waals surface area contributed by atoms with Gasteiger partial charge in [0.15, 0.2) is 5.66 Å². The number of aliphatic hydroxyl groups excluding tert-OH is 2. The highest BCUT2D eigenvalue weighted by Gasteiger charge is 2.32. The zero-order chi connectivity index (χ0) is 15.3. The van der Waals surface area contributed by atoms with E-state index in [0.29, 0.717) is 13.0 Å². The van der Waals surface area contributed by atoms with Gasteiger partial charge >= 0.3 is 0 Å². The Kier molecular flexibility index (Phi) is 4.79. The van der Waals surface area contributed by atoms with E-state index in [9.17, 15) is 10.1 Å². The molecule has 1 atom stereocenters. The number of hydrogen-bond donors (Lipinski definition) is 3. The molecule has 1 aromatic rings. The van der Waals surface area contributed by atoms with Crippen LogP contribution >= 0.6 is 0 Å². The second-order valence-electron chi connectivity index (χ2n) is 4.63. The molecule has 3 N–H and O–H groups in total. The molecule has 1 aromatic carbocycles. The lowest BCUT2D eigenvalue weighted by molar-refractivity contribution is -0.384. The van der Waals surface area contributed by atoms with Crippen LogP contribution in [0.15, 0.2) is 41.4 Å². The molecule has 21 heavy (non-hydrogen) atoms. The second-order valence-corrected chi connectivity index (χ2v) is 4.63. The number of nitrogens with zero attached hydrogens (tertiary/aromatic N) is 2. The summed E-state index contributed by atoms with van der Waals surface area (Å²) < 4.78 is 0. The molecule has 0 saturated carbocycles. The average molecular weight is 291 g/mol. The van der Waals surface area contributed by atoms with E-state index in [4.69, 9.17) is 10.2 Å². The van der Waals surface area contributed by atoms with E-state index in [1.807, 2.05) is 12.2 Å². The number of hydrogen-bond acceptors (Lipinski definition) is 6. The lowest BCUT2D eigenvalue weighted by Gasteiger charge is -2.26. The van der Waals surface area contributed by atoms with Gasteiger partial charge < -0.3 is 10.2 Å². The molecular weight excluding hydrogens is 274 g/mol. The monoisotopic (exact) mass is 291 g/mol. The molecule has 0 fully saturated rings. The van der Waals surface area contributed by atoms with Gasteiger partial charge in [-0.3, -0.25) is 20.4 Å². The second kappa shape index (κ2) is 6.57. The van der Waals surface area contributed by atoms with Gasteiger partial charge in [0, 0.05) is 37.4 Å².